The molecule has 0 saturated heterocycles. The van der Waals surface area contributed by atoms with Crippen molar-refractivity contribution in [2.75, 3.05) is 7.11 Å². The molecule has 0 heterocycles. The number of hydrogen-bond donors (Lipinski definition) is 4. The second-order valence-electron chi connectivity index (χ2n) is 8.47. The van der Waals surface area contributed by atoms with E-state index in [1.807, 2.05) is 74.5 Å². The topological polar surface area (TPSA) is 183 Å². The Balaban J connectivity index is 0.000000378. The van der Waals surface area contributed by atoms with Crippen molar-refractivity contribution in [2.24, 2.45) is 17.5 Å². The molecule has 0 aromatic heterocycles. The van der Waals surface area contributed by atoms with E-state index in [1.165, 1.54) is 7.11 Å². The minimum Gasteiger partial charge on any atom is -0.489 e. The lowest BCUT2D eigenvalue weighted by Gasteiger charge is -2.10. The Morgan fingerprint density at radius 2 is 1.10 bits per heavy atom. The number of benzene rings is 4. The minimum absolute atomic E-state index is 0. The fourth-order valence-corrected chi connectivity index (χ4v) is 3.56. The summed E-state index contributed by atoms with van der Waals surface area (Å²) in [6.07, 6.45) is 0. The van der Waals surface area contributed by atoms with Gasteiger partial charge in [-0.25, -0.2) is 10.6 Å². The molecule has 9 N–H and O–H groups in total. The van der Waals surface area contributed by atoms with Crippen molar-refractivity contribution in [3.8, 4) is 11.5 Å². The number of carbonyl (C=O) groups excluding carboxylic acids is 2. The molecule has 0 aliphatic heterocycles. The molecule has 41 heavy (non-hydrogen) atoms. The first-order valence-electron chi connectivity index (χ1n) is 12.4. The fraction of sp³-hybridized carbons (Fsp3) is 0.161. The van der Waals surface area contributed by atoms with Gasteiger partial charge in [-0.1, -0.05) is 60.7 Å². The summed E-state index contributed by atoms with van der Waals surface area (Å²) in [7, 11) is 1.37. The van der Waals surface area contributed by atoms with Crippen LogP contribution in [-0.4, -0.2) is 24.5 Å². The highest BCUT2D eigenvalue weighted by Gasteiger charge is 2.09. The number of hydrazine groups is 2. The number of ether oxygens (including phenoxy) is 3. The first-order valence-corrected chi connectivity index (χ1v) is 12.4. The summed E-state index contributed by atoms with van der Waals surface area (Å²) in [5.74, 6) is 14.0. The molecule has 0 atom stereocenters. The number of esters is 1. The van der Waals surface area contributed by atoms with E-state index in [0.29, 0.717) is 24.3 Å². The molecule has 4 rings (SSSR count). The Kier molecular flexibility index (Phi) is 15.5. The molecular formula is C31H38N4O6. The maximum Gasteiger partial charge on any atom is 0.337 e. The molecule has 10 heteroatoms. The van der Waals surface area contributed by atoms with Crippen LogP contribution in [0.5, 0.6) is 11.5 Å². The van der Waals surface area contributed by atoms with Gasteiger partial charge in [-0.3, -0.25) is 21.9 Å². The summed E-state index contributed by atoms with van der Waals surface area (Å²) in [6.45, 7) is 4.82. The predicted octanol–water partition coefficient (Wildman–Crippen LogP) is 3.53. The molecule has 0 bridgehead atoms. The molecule has 10 nitrogen and oxygen atoms in total. The molecule has 1 amide bonds. The number of aryl methyl sites for hydroxylation is 2. The van der Waals surface area contributed by atoms with Crippen LogP contribution >= 0.6 is 0 Å². The number of nitrogens with two attached hydrogens (primary N) is 3. The number of rotatable bonds is 8. The van der Waals surface area contributed by atoms with Crippen LogP contribution in [0.4, 0.5) is 0 Å². The molecule has 0 aliphatic carbocycles. The third-order valence-electron chi connectivity index (χ3n) is 5.64. The normalized spacial score (nSPS) is 9.41. The van der Waals surface area contributed by atoms with E-state index in [1.54, 1.807) is 36.4 Å². The first kappa shape index (κ1) is 34.3. The second-order valence-corrected chi connectivity index (χ2v) is 8.47. The minimum atomic E-state index is -0.335. The second kappa shape index (κ2) is 18.5. The summed E-state index contributed by atoms with van der Waals surface area (Å²) >= 11 is 0. The van der Waals surface area contributed by atoms with Gasteiger partial charge in [-0.05, 0) is 72.5 Å². The average Bonchev–Trinajstić information content (AvgIpc) is 3.01. The zero-order valence-corrected chi connectivity index (χ0v) is 23.4. The van der Waals surface area contributed by atoms with Gasteiger partial charge in [0.2, 0.25) is 0 Å². The highest BCUT2D eigenvalue weighted by atomic mass is 16.5. The van der Waals surface area contributed by atoms with Gasteiger partial charge < -0.3 is 19.7 Å². The number of hydrogen-bond acceptors (Lipinski definition) is 8. The van der Waals surface area contributed by atoms with E-state index in [-0.39, 0.29) is 17.4 Å². The van der Waals surface area contributed by atoms with E-state index in [2.05, 4.69) is 21.8 Å². The number of methoxy groups -OCH3 is 1. The lowest BCUT2D eigenvalue weighted by atomic mass is 10.1. The highest BCUT2D eigenvalue weighted by Crippen LogP contribution is 2.21. The molecular weight excluding hydrogens is 524 g/mol. The zero-order valence-electron chi connectivity index (χ0n) is 23.4. The number of nitrogen functional groups attached to an aromatic ring is 1. The van der Waals surface area contributed by atoms with Crippen LogP contribution in [0.2, 0.25) is 0 Å². The lowest BCUT2D eigenvalue weighted by Crippen LogP contribution is -2.29. The summed E-state index contributed by atoms with van der Waals surface area (Å²) in [4.78, 5) is 22.8. The van der Waals surface area contributed by atoms with Crippen LogP contribution in [0, 0.1) is 13.8 Å². The van der Waals surface area contributed by atoms with Crippen LogP contribution in [0.15, 0.2) is 97.1 Å². The SMILES string of the molecule is COC(=O)c1ccc(OCc2ccccc2)c(C)c1.Cc1cc(C(=O)NN)ccc1OCc1ccccc1.NN.O. The third-order valence-corrected chi connectivity index (χ3v) is 5.64. The lowest BCUT2D eigenvalue weighted by molar-refractivity contribution is 0.0600. The molecule has 0 fully saturated rings. The molecule has 4 aromatic rings. The molecule has 218 valence electrons. The van der Waals surface area contributed by atoms with Crippen molar-refractivity contribution in [2.45, 2.75) is 27.1 Å². The quantitative estimate of drug-likeness (QED) is 0.109. The highest BCUT2D eigenvalue weighted by molar-refractivity contribution is 5.94. The Hall–Kier alpha value is -4.74. The van der Waals surface area contributed by atoms with Crippen molar-refractivity contribution in [3.63, 3.8) is 0 Å². The van der Waals surface area contributed by atoms with Gasteiger partial charge in [0.05, 0.1) is 12.7 Å². The van der Waals surface area contributed by atoms with E-state index < -0.39 is 0 Å². The largest absolute Gasteiger partial charge is 0.489 e. The van der Waals surface area contributed by atoms with Crippen molar-refractivity contribution < 1.29 is 29.3 Å². The van der Waals surface area contributed by atoms with Crippen molar-refractivity contribution in [1.82, 2.24) is 5.43 Å². The Labute approximate surface area is 240 Å². The van der Waals surface area contributed by atoms with Crippen LogP contribution in [-0.2, 0) is 18.0 Å². The Bertz CT molecular complexity index is 1250. The van der Waals surface area contributed by atoms with Gasteiger partial charge in [0, 0.05) is 5.56 Å². The van der Waals surface area contributed by atoms with Crippen molar-refractivity contribution in [1.29, 1.82) is 0 Å². The summed E-state index contributed by atoms with van der Waals surface area (Å²) < 4.78 is 16.1. The van der Waals surface area contributed by atoms with Crippen LogP contribution in [0.25, 0.3) is 0 Å². The fourth-order valence-electron chi connectivity index (χ4n) is 3.56. The van der Waals surface area contributed by atoms with E-state index in [9.17, 15) is 9.59 Å². The molecule has 0 radical (unpaired) electrons. The van der Waals surface area contributed by atoms with Crippen molar-refractivity contribution in [3.05, 3.63) is 130 Å². The van der Waals surface area contributed by atoms with Gasteiger partial charge in [0.1, 0.15) is 24.7 Å². The zero-order chi connectivity index (χ0) is 29.3. The summed E-state index contributed by atoms with van der Waals surface area (Å²) in [6, 6.07) is 30.4. The van der Waals surface area contributed by atoms with E-state index >= 15 is 0 Å². The van der Waals surface area contributed by atoms with Gasteiger partial charge in [-0.2, -0.15) is 0 Å². The number of amides is 1. The monoisotopic (exact) mass is 562 g/mol. The van der Waals surface area contributed by atoms with Gasteiger partial charge in [0.15, 0.2) is 0 Å². The van der Waals surface area contributed by atoms with Crippen LogP contribution in [0.3, 0.4) is 0 Å². The number of carbonyl (C=O) groups is 2. The maximum absolute atomic E-state index is 11.4. The van der Waals surface area contributed by atoms with E-state index in [4.69, 9.17) is 15.3 Å². The maximum atomic E-state index is 11.4. The smallest absolute Gasteiger partial charge is 0.337 e. The molecule has 4 aromatic carbocycles. The molecule has 0 unspecified atom stereocenters. The standard InChI is InChI=1S/C16H16O3.C15H16N2O2.H4N2.H2O/c1-12-10-14(16(17)18-2)8-9-15(12)19-11-13-6-4-3-5-7-13;1-11-9-13(15(18)17-16)7-8-14(11)19-10-12-5-3-2-4-6-12;1-2;/h3-10H,11H2,1-2H3;2-9H,10,16H2,1H3,(H,17,18);1-2H2;1H2. The predicted molar refractivity (Wildman–Crippen MR) is 159 cm³/mol. The third kappa shape index (κ3) is 11.1. The van der Waals surface area contributed by atoms with Gasteiger partial charge in [-0.15, -0.1) is 0 Å². The van der Waals surface area contributed by atoms with E-state index in [0.717, 1.165) is 33.8 Å². The Morgan fingerprint density at radius 3 is 1.49 bits per heavy atom. The molecule has 0 aliphatic rings. The molecule has 0 spiro atoms. The summed E-state index contributed by atoms with van der Waals surface area (Å²) in [5.41, 5.74) is 7.19. The average molecular weight is 563 g/mol. The van der Waals surface area contributed by atoms with Gasteiger partial charge >= 0.3 is 5.97 Å². The Morgan fingerprint density at radius 1 is 0.683 bits per heavy atom. The van der Waals surface area contributed by atoms with Crippen molar-refractivity contribution >= 4 is 11.9 Å². The van der Waals surface area contributed by atoms with Gasteiger partial charge in [0.25, 0.3) is 5.91 Å². The first-order chi connectivity index (χ1) is 19.4. The van der Waals surface area contributed by atoms with Crippen LogP contribution in [0.1, 0.15) is 43.0 Å². The van der Waals surface area contributed by atoms with Crippen LogP contribution < -0.4 is 32.4 Å². The molecule has 0 saturated carbocycles. The summed E-state index contributed by atoms with van der Waals surface area (Å²) in [5, 5.41) is 0. The number of nitrogens with one attached hydrogen (secondary N) is 1.